The van der Waals surface area contributed by atoms with Gasteiger partial charge >= 0.3 is 5.97 Å². The van der Waals surface area contributed by atoms with Crippen LogP contribution < -0.4 is 0 Å². The molecule has 1 aromatic carbocycles. The van der Waals surface area contributed by atoms with Gasteiger partial charge in [0.25, 0.3) is 0 Å². The van der Waals surface area contributed by atoms with Gasteiger partial charge in [-0.15, -0.1) is 4.91 Å². The molecular formula is C10H11NO3. The van der Waals surface area contributed by atoms with Gasteiger partial charge in [0.2, 0.25) is 5.72 Å². The van der Waals surface area contributed by atoms with Crippen molar-refractivity contribution >= 4 is 5.97 Å². The van der Waals surface area contributed by atoms with E-state index in [1.54, 1.807) is 30.3 Å². The lowest BCUT2D eigenvalue weighted by atomic mass is 10.2. The zero-order valence-corrected chi connectivity index (χ0v) is 8.06. The second-order valence-corrected chi connectivity index (χ2v) is 3.29. The first-order chi connectivity index (χ1) is 6.55. The minimum absolute atomic E-state index is 0.407. The van der Waals surface area contributed by atoms with E-state index >= 15 is 0 Å². The highest BCUT2D eigenvalue weighted by molar-refractivity contribution is 5.89. The van der Waals surface area contributed by atoms with Crippen LogP contribution in [0.15, 0.2) is 35.5 Å². The number of hydrogen-bond donors (Lipinski definition) is 0. The van der Waals surface area contributed by atoms with Crippen LogP contribution in [0.2, 0.25) is 0 Å². The molecule has 0 aromatic heterocycles. The number of nitrogens with zero attached hydrogens (tertiary/aromatic N) is 1. The van der Waals surface area contributed by atoms with E-state index in [1.165, 1.54) is 13.8 Å². The number of carbonyl (C=O) groups excluding carboxylic acids is 1. The molecule has 4 heteroatoms. The monoisotopic (exact) mass is 193 g/mol. The highest BCUT2D eigenvalue weighted by atomic mass is 16.6. The summed E-state index contributed by atoms with van der Waals surface area (Å²) < 4.78 is 4.85. The number of rotatable bonds is 3. The first kappa shape index (κ1) is 10.4. The van der Waals surface area contributed by atoms with E-state index in [0.717, 1.165) is 0 Å². The molecule has 0 heterocycles. The summed E-state index contributed by atoms with van der Waals surface area (Å²) in [6.45, 7) is 2.86. The summed E-state index contributed by atoms with van der Waals surface area (Å²) in [6, 6.07) is 8.46. The number of carbonyl (C=O) groups is 1. The van der Waals surface area contributed by atoms with Crippen LogP contribution in [0.4, 0.5) is 0 Å². The van der Waals surface area contributed by atoms with Gasteiger partial charge in [0.1, 0.15) is 0 Å². The maximum Gasteiger partial charge on any atom is 0.340 e. The van der Waals surface area contributed by atoms with Crippen molar-refractivity contribution in [2.45, 2.75) is 19.6 Å². The van der Waals surface area contributed by atoms with Gasteiger partial charge in [-0.05, 0) is 31.2 Å². The Morgan fingerprint density at radius 1 is 1.29 bits per heavy atom. The fraction of sp³-hybridized carbons (Fsp3) is 0.300. The van der Waals surface area contributed by atoms with Crippen LogP contribution in [0.3, 0.4) is 0 Å². The maximum absolute atomic E-state index is 11.4. The third-order valence-corrected chi connectivity index (χ3v) is 1.57. The molecule has 0 radical (unpaired) electrons. The predicted molar refractivity (Wildman–Crippen MR) is 51.7 cm³/mol. The van der Waals surface area contributed by atoms with E-state index in [1.807, 2.05) is 0 Å². The van der Waals surface area contributed by atoms with Crippen molar-refractivity contribution in [1.29, 1.82) is 0 Å². The van der Waals surface area contributed by atoms with Crippen molar-refractivity contribution in [3.8, 4) is 0 Å². The van der Waals surface area contributed by atoms with E-state index in [0.29, 0.717) is 5.56 Å². The molecule has 74 valence electrons. The number of hydrogen-bond acceptors (Lipinski definition) is 4. The lowest BCUT2D eigenvalue weighted by Crippen LogP contribution is -2.25. The quantitative estimate of drug-likeness (QED) is 0.546. The molecule has 0 spiro atoms. The van der Waals surface area contributed by atoms with Gasteiger partial charge < -0.3 is 4.74 Å². The molecule has 14 heavy (non-hydrogen) atoms. The molecule has 0 N–H and O–H groups in total. The van der Waals surface area contributed by atoms with Gasteiger partial charge in [-0.2, -0.15) is 0 Å². The molecular weight excluding hydrogens is 182 g/mol. The molecule has 0 unspecified atom stereocenters. The Bertz CT molecular complexity index is 332. The Kier molecular flexibility index (Phi) is 2.96. The Labute approximate surface area is 81.9 Å². The third kappa shape index (κ3) is 2.65. The van der Waals surface area contributed by atoms with Crippen molar-refractivity contribution in [2.24, 2.45) is 5.18 Å². The van der Waals surface area contributed by atoms with Crippen LogP contribution in [0.5, 0.6) is 0 Å². The van der Waals surface area contributed by atoms with E-state index < -0.39 is 11.7 Å². The van der Waals surface area contributed by atoms with Crippen LogP contribution in [-0.2, 0) is 4.74 Å². The van der Waals surface area contributed by atoms with Crippen molar-refractivity contribution in [3.63, 3.8) is 0 Å². The zero-order valence-electron chi connectivity index (χ0n) is 8.06. The second kappa shape index (κ2) is 4.00. The topological polar surface area (TPSA) is 55.7 Å². The Morgan fingerprint density at radius 2 is 1.86 bits per heavy atom. The van der Waals surface area contributed by atoms with Crippen molar-refractivity contribution in [2.75, 3.05) is 0 Å². The summed E-state index contributed by atoms with van der Waals surface area (Å²) in [6.07, 6.45) is 0. The van der Waals surface area contributed by atoms with Crippen LogP contribution in [0, 0.1) is 4.91 Å². The lowest BCUT2D eigenvalue weighted by Gasteiger charge is -2.15. The third-order valence-electron chi connectivity index (χ3n) is 1.57. The lowest BCUT2D eigenvalue weighted by molar-refractivity contribution is 0.00227. The molecule has 0 amide bonds. The fourth-order valence-corrected chi connectivity index (χ4v) is 0.879. The van der Waals surface area contributed by atoms with Gasteiger partial charge in [-0.25, -0.2) is 4.79 Å². The van der Waals surface area contributed by atoms with Crippen LogP contribution >= 0.6 is 0 Å². The van der Waals surface area contributed by atoms with E-state index in [2.05, 4.69) is 5.18 Å². The predicted octanol–water partition coefficient (Wildman–Crippen LogP) is 2.35. The first-order valence-electron chi connectivity index (χ1n) is 4.18. The van der Waals surface area contributed by atoms with Crippen molar-refractivity contribution in [1.82, 2.24) is 0 Å². The molecule has 1 aromatic rings. The molecule has 0 saturated carbocycles. The smallest absolute Gasteiger partial charge is 0.340 e. The highest BCUT2D eigenvalue weighted by Gasteiger charge is 2.23. The Balaban J connectivity index is 2.74. The van der Waals surface area contributed by atoms with Gasteiger partial charge in [0, 0.05) is 0 Å². The maximum atomic E-state index is 11.4. The molecule has 0 bridgehead atoms. The fourth-order valence-electron chi connectivity index (χ4n) is 0.879. The molecule has 0 atom stereocenters. The number of esters is 1. The van der Waals surface area contributed by atoms with Crippen molar-refractivity contribution < 1.29 is 9.53 Å². The van der Waals surface area contributed by atoms with Crippen LogP contribution in [0.1, 0.15) is 24.2 Å². The minimum Gasteiger partial charge on any atom is -0.431 e. The van der Waals surface area contributed by atoms with Gasteiger partial charge in [0.15, 0.2) is 0 Å². The Morgan fingerprint density at radius 3 is 2.36 bits per heavy atom. The summed E-state index contributed by atoms with van der Waals surface area (Å²) in [5.74, 6) is -0.546. The highest BCUT2D eigenvalue weighted by Crippen LogP contribution is 2.13. The summed E-state index contributed by atoms with van der Waals surface area (Å²) in [7, 11) is 0. The number of benzene rings is 1. The number of ether oxygens (including phenoxy) is 1. The molecule has 0 saturated heterocycles. The summed E-state index contributed by atoms with van der Waals surface area (Å²) in [4.78, 5) is 21.7. The average molecular weight is 193 g/mol. The van der Waals surface area contributed by atoms with Gasteiger partial charge in [0.05, 0.1) is 5.56 Å². The summed E-state index contributed by atoms with van der Waals surface area (Å²) in [5.41, 5.74) is -0.906. The number of nitroso groups, excluding NO2 is 1. The minimum atomic E-state index is -1.31. The van der Waals surface area contributed by atoms with Crippen molar-refractivity contribution in [3.05, 3.63) is 40.8 Å². The zero-order chi connectivity index (χ0) is 10.6. The Hall–Kier alpha value is -1.71. The standard InChI is InChI=1S/C10H11NO3/c1-10(2,11-13)14-9(12)8-6-4-3-5-7-8/h3-7H,1-2H3. The van der Waals surface area contributed by atoms with E-state index in [4.69, 9.17) is 4.74 Å². The van der Waals surface area contributed by atoms with Crippen LogP contribution in [0.25, 0.3) is 0 Å². The molecule has 4 nitrogen and oxygen atoms in total. The molecule has 0 aliphatic heterocycles. The van der Waals surface area contributed by atoms with Gasteiger partial charge in [-0.3, -0.25) is 0 Å². The van der Waals surface area contributed by atoms with E-state index in [9.17, 15) is 9.70 Å². The molecule has 0 aliphatic rings. The summed E-state index contributed by atoms with van der Waals surface area (Å²) >= 11 is 0. The normalized spacial score (nSPS) is 10.7. The first-order valence-corrected chi connectivity index (χ1v) is 4.18. The van der Waals surface area contributed by atoms with Crippen LogP contribution in [-0.4, -0.2) is 11.7 Å². The average Bonchev–Trinajstić information content (AvgIpc) is 2.19. The molecule has 1 rings (SSSR count). The molecule has 0 fully saturated rings. The van der Waals surface area contributed by atoms with Gasteiger partial charge in [-0.1, -0.05) is 18.2 Å². The SMILES string of the molecule is CC(C)(N=O)OC(=O)c1ccccc1. The largest absolute Gasteiger partial charge is 0.431 e. The summed E-state index contributed by atoms with van der Waals surface area (Å²) in [5, 5.41) is 2.69. The molecule has 0 aliphatic carbocycles. The van der Waals surface area contributed by atoms with E-state index in [-0.39, 0.29) is 0 Å². The second-order valence-electron chi connectivity index (χ2n) is 3.29.